The SMILES string of the molecule is COCc1ccccc1P1[C@@H](C)CC[C@@H]1C. The zero-order valence-corrected chi connectivity index (χ0v) is 11.3. The van der Waals surface area contributed by atoms with Crippen molar-refractivity contribution < 1.29 is 4.74 Å². The molecule has 1 aromatic rings. The first-order valence-electron chi connectivity index (χ1n) is 6.09. The van der Waals surface area contributed by atoms with Crippen molar-refractivity contribution >= 4 is 13.2 Å². The Morgan fingerprint density at radius 1 is 1.19 bits per heavy atom. The van der Waals surface area contributed by atoms with Crippen LogP contribution in [0.2, 0.25) is 0 Å². The summed E-state index contributed by atoms with van der Waals surface area (Å²) in [7, 11) is 1.81. The average molecular weight is 236 g/mol. The molecule has 1 nitrogen and oxygen atoms in total. The number of benzene rings is 1. The molecule has 2 heteroatoms. The summed E-state index contributed by atoms with van der Waals surface area (Å²) in [5, 5.41) is 1.58. The Labute approximate surface area is 100.0 Å². The molecule has 0 amide bonds. The highest BCUT2D eigenvalue weighted by molar-refractivity contribution is 7.67. The number of methoxy groups -OCH3 is 1. The van der Waals surface area contributed by atoms with Crippen LogP contribution in [0.1, 0.15) is 32.3 Å². The summed E-state index contributed by atoms with van der Waals surface area (Å²) >= 11 is 0. The molecule has 1 aromatic carbocycles. The molecule has 1 saturated heterocycles. The van der Waals surface area contributed by atoms with Crippen molar-refractivity contribution in [1.82, 2.24) is 0 Å². The van der Waals surface area contributed by atoms with E-state index in [1.165, 1.54) is 18.4 Å². The van der Waals surface area contributed by atoms with Crippen molar-refractivity contribution in [2.75, 3.05) is 7.11 Å². The summed E-state index contributed by atoms with van der Waals surface area (Å²) in [5.41, 5.74) is 3.16. The first-order valence-corrected chi connectivity index (χ1v) is 7.57. The van der Waals surface area contributed by atoms with Gasteiger partial charge in [0.05, 0.1) is 6.61 Å². The Morgan fingerprint density at radius 3 is 2.44 bits per heavy atom. The van der Waals surface area contributed by atoms with Gasteiger partial charge in [-0.1, -0.05) is 46.0 Å². The predicted molar refractivity (Wildman–Crippen MR) is 71.9 cm³/mol. The Bertz CT molecular complexity index is 340. The minimum atomic E-state index is 0.0250. The van der Waals surface area contributed by atoms with E-state index in [4.69, 9.17) is 4.74 Å². The Morgan fingerprint density at radius 2 is 1.81 bits per heavy atom. The summed E-state index contributed by atoms with van der Waals surface area (Å²) in [6.45, 7) is 5.59. The maximum atomic E-state index is 5.31. The third-order valence-corrected chi connectivity index (χ3v) is 6.93. The van der Waals surface area contributed by atoms with Crippen LogP contribution in [-0.2, 0) is 11.3 Å². The normalized spacial score (nSPS) is 26.2. The Balaban J connectivity index is 2.31. The van der Waals surface area contributed by atoms with Crippen LogP contribution in [-0.4, -0.2) is 18.4 Å². The molecular formula is C14H21OP. The van der Waals surface area contributed by atoms with Crippen LogP contribution in [0.25, 0.3) is 0 Å². The smallest absolute Gasteiger partial charge is 0.0719 e. The maximum absolute atomic E-state index is 5.31. The number of hydrogen-bond acceptors (Lipinski definition) is 1. The van der Waals surface area contributed by atoms with E-state index in [0.717, 1.165) is 17.9 Å². The molecule has 0 aliphatic carbocycles. The zero-order valence-electron chi connectivity index (χ0n) is 10.4. The molecule has 0 bridgehead atoms. The van der Waals surface area contributed by atoms with E-state index in [1.807, 2.05) is 0 Å². The number of hydrogen-bond donors (Lipinski definition) is 0. The lowest BCUT2D eigenvalue weighted by atomic mass is 10.2. The number of ether oxygens (including phenoxy) is 1. The van der Waals surface area contributed by atoms with Crippen LogP contribution in [0.15, 0.2) is 24.3 Å². The van der Waals surface area contributed by atoms with Crippen LogP contribution < -0.4 is 5.30 Å². The van der Waals surface area contributed by atoms with Gasteiger partial charge in [-0.05, 0) is 35.0 Å². The van der Waals surface area contributed by atoms with Crippen molar-refractivity contribution in [3.05, 3.63) is 29.8 Å². The highest BCUT2D eigenvalue weighted by Gasteiger charge is 2.31. The van der Waals surface area contributed by atoms with Gasteiger partial charge in [-0.2, -0.15) is 0 Å². The van der Waals surface area contributed by atoms with Crippen LogP contribution in [0.4, 0.5) is 0 Å². The average Bonchev–Trinajstić information content (AvgIpc) is 2.60. The summed E-state index contributed by atoms with van der Waals surface area (Å²) < 4.78 is 5.31. The second kappa shape index (κ2) is 5.29. The van der Waals surface area contributed by atoms with Crippen LogP contribution in [0.5, 0.6) is 0 Å². The highest BCUT2D eigenvalue weighted by atomic mass is 31.1. The fraction of sp³-hybridized carbons (Fsp3) is 0.571. The van der Waals surface area contributed by atoms with E-state index >= 15 is 0 Å². The van der Waals surface area contributed by atoms with E-state index in [9.17, 15) is 0 Å². The van der Waals surface area contributed by atoms with Crippen molar-refractivity contribution in [1.29, 1.82) is 0 Å². The van der Waals surface area contributed by atoms with Gasteiger partial charge in [-0.25, -0.2) is 0 Å². The Kier molecular flexibility index (Phi) is 4.00. The van der Waals surface area contributed by atoms with E-state index in [-0.39, 0.29) is 7.92 Å². The maximum Gasteiger partial charge on any atom is 0.0719 e. The van der Waals surface area contributed by atoms with E-state index in [1.54, 1.807) is 12.4 Å². The molecule has 1 heterocycles. The molecular weight excluding hydrogens is 215 g/mol. The molecule has 0 N–H and O–H groups in total. The van der Waals surface area contributed by atoms with Crippen molar-refractivity contribution in [3.8, 4) is 0 Å². The zero-order chi connectivity index (χ0) is 11.5. The molecule has 0 aromatic heterocycles. The molecule has 0 radical (unpaired) electrons. The molecule has 88 valence electrons. The van der Waals surface area contributed by atoms with Gasteiger partial charge in [0.2, 0.25) is 0 Å². The lowest BCUT2D eigenvalue weighted by Gasteiger charge is -2.24. The van der Waals surface area contributed by atoms with Crippen molar-refractivity contribution in [2.45, 2.75) is 44.6 Å². The van der Waals surface area contributed by atoms with Crippen molar-refractivity contribution in [3.63, 3.8) is 0 Å². The van der Waals surface area contributed by atoms with Gasteiger partial charge < -0.3 is 4.74 Å². The topological polar surface area (TPSA) is 9.23 Å². The fourth-order valence-electron chi connectivity index (χ4n) is 2.71. The van der Waals surface area contributed by atoms with Gasteiger partial charge in [0, 0.05) is 7.11 Å². The van der Waals surface area contributed by atoms with Crippen LogP contribution in [0.3, 0.4) is 0 Å². The van der Waals surface area contributed by atoms with Gasteiger partial charge in [-0.3, -0.25) is 0 Å². The molecule has 2 rings (SSSR count). The van der Waals surface area contributed by atoms with Gasteiger partial charge in [0.15, 0.2) is 0 Å². The molecule has 1 aliphatic heterocycles. The fourth-order valence-corrected chi connectivity index (χ4v) is 6.11. The first kappa shape index (κ1) is 12.1. The molecule has 1 aliphatic rings. The summed E-state index contributed by atoms with van der Waals surface area (Å²) in [5.74, 6) is 0. The number of rotatable bonds is 3. The van der Waals surface area contributed by atoms with Crippen molar-refractivity contribution in [2.24, 2.45) is 0 Å². The standard InChI is InChI=1S/C14H21OP/c1-11-8-9-12(2)16(11)14-7-5-4-6-13(14)10-15-3/h4-7,11-12H,8-10H2,1-3H3/t11-,12-/m0/s1. The molecule has 16 heavy (non-hydrogen) atoms. The largest absolute Gasteiger partial charge is 0.380 e. The monoisotopic (exact) mass is 236 g/mol. The first-order chi connectivity index (χ1) is 7.74. The predicted octanol–water partition coefficient (Wildman–Crippen LogP) is 3.51. The van der Waals surface area contributed by atoms with Crippen LogP contribution >= 0.6 is 7.92 Å². The molecule has 0 saturated carbocycles. The summed E-state index contributed by atoms with van der Waals surface area (Å²) in [6, 6.07) is 8.84. The molecule has 1 fully saturated rings. The minimum Gasteiger partial charge on any atom is -0.380 e. The Hall–Kier alpha value is -0.390. The van der Waals surface area contributed by atoms with Gasteiger partial charge in [0.1, 0.15) is 0 Å². The quantitative estimate of drug-likeness (QED) is 0.730. The lowest BCUT2D eigenvalue weighted by molar-refractivity contribution is 0.185. The van der Waals surface area contributed by atoms with Gasteiger partial charge >= 0.3 is 0 Å². The minimum absolute atomic E-state index is 0.0250. The molecule has 0 unspecified atom stereocenters. The van der Waals surface area contributed by atoms with E-state index < -0.39 is 0 Å². The highest BCUT2D eigenvalue weighted by Crippen LogP contribution is 2.54. The summed E-state index contributed by atoms with van der Waals surface area (Å²) in [6.07, 6.45) is 2.79. The second-order valence-electron chi connectivity index (χ2n) is 4.74. The second-order valence-corrected chi connectivity index (χ2v) is 7.80. The molecule has 0 spiro atoms. The van der Waals surface area contributed by atoms with E-state index in [2.05, 4.69) is 38.1 Å². The van der Waals surface area contributed by atoms with E-state index in [0.29, 0.717) is 0 Å². The summed E-state index contributed by atoms with van der Waals surface area (Å²) in [4.78, 5) is 0. The lowest BCUT2D eigenvalue weighted by Crippen LogP contribution is -2.16. The van der Waals surface area contributed by atoms with Gasteiger partial charge in [0.25, 0.3) is 0 Å². The third kappa shape index (κ3) is 2.31. The molecule has 2 atom stereocenters. The third-order valence-electron chi connectivity index (χ3n) is 3.52. The van der Waals surface area contributed by atoms with Gasteiger partial charge in [-0.15, -0.1) is 0 Å². The van der Waals surface area contributed by atoms with Crippen LogP contribution in [0, 0.1) is 0 Å².